The minimum absolute atomic E-state index is 0.242. The smallest absolute Gasteiger partial charge is 0.336 e. The van der Waals surface area contributed by atoms with Crippen molar-refractivity contribution in [1.29, 1.82) is 0 Å². The molecule has 8 rings (SSSR count). The lowest BCUT2D eigenvalue weighted by Gasteiger charge is -2.09. The van der Waals surface area contributed by atoms with Crippen LogP contribution in [0.15, 0.2) is 165 Å². The molecular formula is C39H29N3O2S6. The monoisotopic (exact) mass is 763 g/mol. The summed E-state index contributed by atoms with van der Waals surface area (Å²) in [5.41, 5.74) is 10.9. The Hall–Kier alpha value is -4.23. The van der Waals surface area contributed by atoms with Gasteiger partial charge in [-0.3, -0.25) is 0 Å². The van der Waals surface area contributed by atoms with E-state index in [2.05, 4.69) is 110 Å². The summed E-state index contributed by atoms with van der Waals surface area (Å²) in [6.07, 6.45) is 0. The molecule has 2 aromatic heterocycles. The van der Waals surface area contributed by atoms with Gasteiger partial charge in [-0.05, 0) is 60.7 Å². The molecular weight excluding hydrogens is 735 g/mol. The van der Waals surface area contributed by atoms with Crippen molar-refractivity contribution in [3.8, 4) is 21.1 Å². The number of anilines is 1. The predicted octanol–water partition coefficient (Wildman–Crippen LogP) is 12.3. The Morgan fingerprint density at radius 3 is 1.40 bits per heavy atom. The number of aromatic nitrogens is 2. The van der Waals surface area contributed by atoms with Gasteiger partial charge in [0.15, 0.2) is 0 Å². The van der Waals surface area contributed by atoms with Gasteiger partial charge in [0.2, 0.25) is 0 Å². The van der Waals surface area contributed by atoms with Gasteiger partial charge >= 0.3 is 5.97 Å². The number of hydrogen-bond acceptors (Lipinski definition) is 10. The summed E-state index contributed by atoms with van der Waals surface area (Å²) in [7, 11) is 3.56. The summed E-state index contributed by atoms with van der Waals surface area (Å²) in [5.74, 6) is -0.939. The zero-order valence-corrected chi connectivity index (χ0v) is 31.3. The normalized spacial score (nSPS) is 10.6. The third kappa shape index (κ3) is 8.91. The third-order valence-corrected chi connectivity index (χ3v) is 12.5. The molecule has 248 valence electrons. The Bertz CT molecular complexity index is 2190. The van der Waals surface area contributed by atoms with Gasteiger partial charge < -0.3 is 10.8 Å². The number of rotatable bonds is 6. The van der Waals surface area contributed by atoms with Gasteiger partial charge in [0, 0.05) is 36.4 Å². The average molecular weight is 764 g/mol. The number of thiol groups is 2. The molecule has 11 heteroatoms. The molecule has 0 bridgehead atoms. The minimum atomic E-state index is -0.939. The second kappa shape index (κ2) is 17.1. The highest BCUT2D eigenvalue weighted by Crippen LogP contribution is 2.46. The molecule has 0 spiro atoms. The van der Waals surface area contributed by atoms with Gasteiger partial charge in [-0.25, -0.2) is 14.8 Å². The lowest BCUT2D eigenvalue weighted by Crippen LogP contribution is -1.96. The van der Waals surface area contributed by atoms with Gasteiger partial charge in [-0.1, -0.05) is 107 Å². The molecule has 0 radical (unpaired) electrons. The van der Waals surface area contributed by atoms with Crippen LogP contribution in [0.5, 0.6) is 0 Å². The van der Waals surface area contributed by atoms with E-state index in [0.29, 0.717) is 4.90 Å². The summed E-state index contributed by atoms with van der Waals surface area (Å²) < 4.78 is 2.44. The highest BCUT2D eigenvalue weighted by Gasteiger charge is 2.14. The summed E-state index contributed by atoms with van der Waals surface area (Å²) in [5, 5.41) is 10.6. The number of carboxylic acid groups (broad SMARTS) is 1. The Kier molecular flexibility index (Phi) is 12.2. The van der Waals surface area contributed by atoms with E-state index >= 15 is 0 Å². The number of nitrogens with zero attached hydrogens (tertiary/aromatic N) is 2. The van der Waals surface area contributed by atoms with Gasteiger partial charge in [-0.2, -0.15) is 0 Å². The maximum atomic E-state index is 10.4. The first kappa shape index (κ1) is 35.6. The van der Waals surface area contributed by atoms with E-state index < -0.39 is 5.97 Å². The second-order valence-electron chi connectivity index (χ2n) is 10.5. The third-order valence-electron chi connectivity index (χ3n) is 7.12. The Labute approximate surface area is 316 Å². The molecule has 0 aliphatic carbocycles. The quantitative estimate of drug-likeness (QED) is 0.0762. The van der Waals surface area contributed by atoms with E-state index in [0.717, 1.165) is 31.6 Å². The molecule has 6 aromatic carbocycles. The van der Waals surface area contributed by atoms with Crippen LogP contribution in [0, 0.1) is 0 Å². The number of para-hydroxylation sites is 3. The fourth-order valence-electron chi connectivity index (χ4n) is 4.64. The summed E-state index contributed by atoms with van der Waals surface area (Å²) in [4.78, 5) is 23.9. The number of fused-ring (bicyclic) bond motifs is 2. The van der Waals surface area contributed by atoms with Crippen LogP contribution >= 0.6 is 69.5 Å². The number of carbonyl (C=O) groups is 1. The van der Waals surface area contributed by atoms with Crippen molar-refractivity contribution in [2.45, 2.75) is 19.6 Å². The van der Waals surface area contributed by atoms with Crippen molar-refractivity contribution in [3.05, 3.63) is 151 Å². The summed E-state index contributed by atoms with van der Waals surface area (Å²) in [6.45, 7) is 0. The maximum absolute atomic E-state index is 10.4. The van der Waals surface area contributed by atoms with E-state index in [9.17, 15) is 4.79 Å². The van der Waals surface area contributed by atoms with Crippen molar-refractivity contribution in [3.63, 3.8) is 0 Å². The van der Waals surface area contributed by atoms with Crippen molar-refractivity contribution in [1.82, 2.24) is 9.97 Å². The summed E-state index contributed by atoms with van der Waals surface area (Å²) in [6, 6.07) is 47.8. The molecule has 0 unspecified atom stereocenters. The van der Waals surface area contributed by atoms with Crippen molar-refractivity contribution in [2.24, 2.45) is 0 Å². The lowest BCUT2D eigenvalue weighted by molar-refractivity contribution is 0.0693. The molecule has 5 nitrogen and oxygen atoms in total. The van der Waals surface area contributed by atoms with Crippen LogP contribution in [0.2, 0.25) is 0 Å². The van der Waals surface area contributed by atoms with E-state index in [1.54, 1.807) is 62.5 Å². The van der Waals surface area contributed by atoms with Crippen molar-refractivity contribution < 1.29 is 9.90 Å². The van der Waals surface area contributed by atoms with Crippen LogP contribution < -0.4 is 5.73 Å². The van der Waals surface area contributed by atoms with Crippen LogP contribution in [0.1, 0.15) is 10.4 Å². The van der Waals surface area contributed by atoms with Crippen molar-refractivity contribution >= 4 is 102 Å². The van der Waals surface area contributed by atoms with Crippen LogP contribution in [0.25, 0.3) is 41.6 Å². The molecule has 50 heavy (non-hydrogen) atoms. The minimum Gasteiger partial charge on any atom is -0.478 e. The van der Waals surface area contributed by atoms with E-state index in [1.807, 2.05) is 36.4 Å². The van der Waals surface area contributed by atoms with Crippen LogP contribution in [0.4, 0.5) is 5.69 Å². The molecule has 0 atom stereocenters. The molecule has 3 N–H and O–H groups in total. The topological polar surface area (TPSA) is 89.1 Å². The van der Waals surface area contributed by atoms with Crippen molar-refractivity contribution in [2.75, 3.05) is 5.73 Å². The second-order valence-corrected chi connectivity index (χ2v) is 15.8. The van der Waals surface area contributed by atoms with E-state index in [1.165, 1.54) is 36.4 Å². The molecule has 0 aliphatic heterocycles. The molecule has 0 saturated heterocycles. The summed E-state index contributed by atoms with van der Waals surface area (Å²) >= 11 is 11.5. The number of benzene rings is 6. The van der Waals surface area contributed by atoms with Gasteiger partial charge in [0.25, 0.3) is 0 Å². The first-order chi connectivity index (χ1) is 24.4. The Balaban J connectivity index is 0.000000196. The number of aromatic carboxylic acids is 1. The number of carboxylic acids is 1. The highest BCUT2D eigenvalue weighted by atomic mass is 33.1. The fourth-order valence-corrected chi connectivity index (χ4v) is 9.56. The fraction of sp³-hybridized carbons (Fsp3) is 0. The van der Waals surface area contributed by atoms with Crippen LogP contribution in [0.3, 0.4) is 0 Å². The molecule has 8 aromatic rings. The van der Waals surface area contributed by atoms with Crippen LogP contribution in [-0.4, -0.2) is 21.0 Å². The molecule has 0 saturated carbocycles. The largest absolute Gasteiger partial charge is 0.478 e. The standard InChI is InChI=1S/C26H16N2S4.C7H6O2S.C6H7NS/c1-5-13-21(17(9-1)25-27-19-11-3-7-15-23(19)29-25)31-32-22-14-6-2-10-18(22)26-28-20-12-4-8-16-24(20)30-26;8-7(9)5-3-1-2-4-6(5)10;7-5-3-1-2-4-6(5)8/h1-16H;1-4,10H,(H,8,9);1-4,8H,7H2. The Morgan fingerprint density at radius 1 is 0.560 bits per heavy atom. The SMILES string of the molecule is Nc1ccccc1S.O=C(O)c1ccccc1S.c1ccc(-c2nc3ccccc3s2)c(SSc2ccccc2-c2nc3ccccc3s2)c1. The highest BCUT2D eigenvalue weighted by molar-refractivity contribution is 8.76. The Morgan fingerprint density at radius 2 is 0.980 bits per heavy atom. The molecule has 2 heterocycles. The van der Waals surface area contributed by atoms with E-state index in [4.69, 9.17) is 20.8 Å². The number of thiazole rings is 2. The first-order valence-corrected chi connectivity index (χ1v) is 19.8. The predicted molar refractivity (Wildman–Crippen MR) is 221 cm³/mol. The maximum Gasteiger partial charge on any atom is 0.336 e. The number of hydrogen-bond donors (Lipinski definition) is 4. The molecule has 0 aliphatic rings. The zero-order valence-electron chi connectivity index (χ0n) is 26.2. The number of nitrogen functional groups attached to an aromatic ring is 1. The van der Waals surface area contributed by atoms with Gasteiger partial charge in [0.1, 0.15) is 10.0 Å². The molecule has 0 fully saturated rings. The first-order valence-electron chi connectivity index (χ1n) is 15.2. The van der Waals surface area contributed by atoms with Crippen LogP contribution in [-0.2, 0) is 0 Å². The molecule has 0 amide bonds. The van der Waals surface area contributed by atoms with E-state index in [-0.39, 0.29) is 5.56 Å². The van der Waals surface area contributed by atoms with Gasteiger partial charge in [0.05, 0.1) is 26.0 Å². The zero-order chi connectivity index (χ0) is 34.9. The van der Waals surface area contributed by atoms with Gasteiger partial charge in [-0.15, -0.1) is 47.9 Å². The average Bonchev–Trinajstić information content (AvgIpc) is 3.78. The lowest BCUT2D eigenvalue weighted by atomic mass is 10.2. The number of nitrogens with two attached hydrogens (primary N) is 1.